The molecule has 1 aromatic heterocycles. The Morgan fingerprint density at radius 1 is 0.939 bits per heavy atom. The normalized spacial score (nSPS) is 10.8. The van der Waals surface area contributed by atoms with Gasteiger partial charge in [-0.25, -0.2) is 0 Å². The monoisotopic (exact) mass is 488 g/mol. The van der Waals surface area contributed by atoms with Crippen molar-refractivity contribution in [2.75, 3.05) is 26.8 Å². The minimum absolute atomic E-state index is 0.0870. The fourth-order valence-corrected chi connectivity index (χ4v) is 3.65. The summed E-state index contributed by atoms with van der Waals surface area (Å²) in [5.41, 5.74) is 1.36. The van der Waals surface area contributed by atoms with Crippen molar-refractivity contribution in [2.45, 2.75) is 19.5 Å². The molecular weight excluding hydrogens is 463 g/mol. The quantitative estimate of drug-likeness (QED) is 0.343. The topological polar surface area (TPSA) is 63.0 Å². The first-order chi connectivity index (χ1) is 16.0. The van der Waals surface area contributed by atoms with Gasteiger partial charge in [0.05, 0.1) is 22.9 Å². The molecule has 0 N–H and O–H groups in total. The van der Waals surface area contributed by atoms with E-state index in [1.54, 1.807) is 36.5 Å². The molecule has 3 rings (SSSR count). The molecule has 0 atom stereocenters. The number of halogens is 2. The molecule has 0 radical (unpaired) electrons. The van der Waals surface area contributed by atoms with E-state index in [0.29, 0.717) is 49.0 Å². The van der Waals surface area contributed by atoms with E-state index in [1.807, 2.05) is 36.4 Å². The molecule has 0 aliphatic rings. The minimum atomic E-state index is -0.296. The minimum Gasteiger partial charge on any atom is -0.467 e. The number of carbonyl (C=O) groups is 2. The van der Waals surface area contributed by atoms with Crippen LogP contribution in [0.25, 0.3) is 0 Å². The van der Waals surface area contributed by atoms with Crippen LogP contribution in [0.5, 0.6) is 0 Å². The fraction of sp³-hybridized carbons (Fsp3) is 0.280. The van der Waals surface area contributed by atoms with E-state index < -0.39 is 0 Å². The summed E-state index contributed by atoms with van der Waals surface area (Å²) in [5, 5.41) is 0.650. The SMILES string of the molecule is COCCCN(CC(=O)N(Cc1ccccc1)Cc1ccco1)C(=O)c1ccc(Cl)c(Cl)c1. The van der Waals surface area contributed by atoms with Gasteiger partial charge in [-0.15, -0.1) is 0 Å². The van der Waals surface area contributed by atoms with Gasteiger partial charge in [-0.2, -0.15) is 0 Å². The van der Waals surface area contributed by atoms with Crippen LogP contribution in [-0.4, -0.2) is 48.4 Å². The van der Waals surface area contributed by atoms with Gasteiger partial charge < -0.3 is 19.0 Å². The van der Waals surface area contributed by atoms with Crippen molar-refractivity contribution in [1.29, 1.82) is 0 Å². The third kappa shape index (κ3) is 7.35. The van der Waals surface area contributed by atoms with Crippen LogP contribution in [0.1, 0.15) is 28.1 Å². The molecule has 0 unspecified atom stereocenters. The van der Waals surface area contributed by atoms with Crippen LogP contribution in [0.3, 0.4) is 0 Å². The average molecular weight is 489 g/mol. The van der Waals surface area contributed by atoms with Crippen LogP contribution >= 0.6 is 23.2 Å². The lowest BCUT2D eigenvalue weighted by Gasteiger charge is -2.27. The maximum Gasteiger partial charge on any atom is 0.254 e. The molecule has 174 valence electrons. The maximum atomic E-state index is 13.4. The zero-order valence-corrected chi connectivity index (χ0v) is 19.9. The molecule has 0 bridgehead atoms. The predicted molar refractivity (Wildman–Crippen MR) is 128 cm³/mol. The number of amides is 2. The zero-order valence-electron chi connectivity index (χ0n) is 18.4. The first kappa shape index (κ1) is 24.8. The third-order valence-corrected chi connectivity index (χ3v) is 5.79. The maximum absolute atomic E-state index is 13.4. The molecule has 1 heterocycles. The second kappa shape index (κ2) is 12.4. The number of rotatable bonds is 11. The summed E-state index contributed by atoms with van der Waals surface area (Å²) in [7, 11) is 1.60. The number of methoxy groups -OCH3 is 1. The fourth-order valence-electron chi connectivity index (χ4n) is 3.35. The van der Waals surface area contributed by atoms with E-state index in [-0.39, 0.29) is 23.4 Å². The van der Waals surface area contributed by atoms with Gasteiger partial charge >= 0.3 is 0 Å². The molecule has 0 saturated carbocycles. The van der Waals surface area contributed by atoms with E-state index in [9.17, 15) is 9.59 Å². The molecule has 33 heavy (non-hydrogen) atoms. The predicted octanol–water partition coefficient (Wildman–Crippen LogP) is 5.29. The van der Waals surface area contributed by atoms with Crippen molar-refractivity contribution in [2.24, 2.45) is 0 Å². The summed E-state index contributed by atoms with van der Waals surface area (Å²) in [5.74, 6) is 0.179. The van der Waals surface area contributed by atoms with Gasteiger partial charge in [-0.05, 0) is 42.3 Å². The summed E-state index contributed by atoms with van der Waals surface area (Å²) in [6.07, 6.45) is 2.17. The summed E-state index contributed by atoms with van der Waals surface area (Å²) in [6.45, 7) is 1.44. The Labute approximate surface area is 203 Å². The van der Waals surface area contributed by atoms with Gasteiger partial charge in [-0.3, -0.25) is 9.59 Å². The van der Waals surface area contributed by atoms with Gasteiger partial charge in [0, 0.05) is 32.4 Å². The Kier molecular flexibility index (Phi) is 9.36. The number of hydrogen-bond donors (Lipinski definition) is 0. The van der Waals surface area contributed by atoms with Gasteiger partial charge in [-0.1, -0.05) is 53.5 Å². The molecule has 6 nitrogen and oxygen atoms in total. The highest BCUT2D eigenvalue weighted by molar-refractivity contribution is 6.42. The molecule has 0 fully saturated rings. The Morgan fingerprint density at radius 3 is 2.39 bits per heavy atom. The molecule has 0 spiro atoms. The Hall–Kier alpha value is -2.80. The molecule has 2 amide bonds. The zero-order chi connectivity index (χ0) is 23.6. The summed E-state index contributed by atoms with van der Waals surface area (Å²) in [6, 6.07) is 18.0. The van der Waals surface area contributed by atoms with Crippen molar-refractivity contribution in [3.8, 4) is 0 Å². The largest absolute Gasteiger partial charge is 0.467 e. The summed E-state index contributed by atoms with van der Waals surface area (Å²) >= 11 is 12.1. The van der Waals surface area contributed by atoms with E-state index in [4.69, 9.17) is 32.4 Å². The van der Waals surface area contributed by atoms with Crippen LogP contribution in [0.4, 0.5) is 0 Å². The highest BCUT2D eigenvalue weighted by atomic mass is 35.5. The number of nitrogens with zero attached hydrogens (tertiary/aromatic N) is 2. The molecule has 3 aromatic rings. The number of furan rings is 1. The molecule has 8 heteroatoms. The van der Waals surface area contributed by atoms with Gasteiger partial charge in [0.15, 0.2) is 0 Å². The van der Waals surface area contributed by atoms with Crippen molar-refractivity contribution >= 4 is 35.0 Å². The highest BCUT2D eigenvalue weighted by Gasteiger charge is 2.23. The highest BCUT2D eigenvalue weighted by Crippen LogP contribution is 2.23. The first-order valence-electron chi connectivity index (χ1n) is 10.5. The summed E-state index contributed by atoms with van der Waals surface area (Å²) in [4.78, 5) is 29.8. The van der Waals surface area contributed by atoms with E-state index >= 15 is 0 Å². The van der Waals surface area contributed by atoms with Crippen LogP contribution in [-0.2, 0) is 22.6 Å². The number of carbonyl (C=O) groups excluding carboxylic acids is 2. The number of ether oxygens (including phenoxy) is 1. The first-order valence-corrected chi connectivity index (χ1v) is 11.3. The van der Waals surface area contributed by atoms with Crippen molar-refractivity contribution in [1.82, 2.24) is 9.80 Å². The summed E-state index contributed by atoms with van der Waals surface area (Å²) < 4.78 is 10.6. The number of hydrogen-bond acceptors (Lipinski definition) is 4. The Morgan fingerprint density at radius 2 is 1.73 bits per heavy atom. The van der Waals surface area contributed by atoms with Crippen molar-refractivity contribution < 1.29 is 18.7 Å². The van der Waals surface area contributed by atoms with Crippen LogP contribution in [0, 0.1) is 0 Å². The molecule has 2 aromatic carbocycles. The van der Waals surface area contributed by atoms with Crippen molar-refractivity contribution in [3.63, 3.8) is 0 Å². The lowest BCUT2D eigenvalue weighted by Crippen LogP contribution is -2.43. The van der Waals surface area contributed by atoms with Crippen LogP contribution in [0.2, 0.25) is 10.0 Å². The van der Waals surface area contributed by atoms with E-state index in [0.717, 1.165) is 5.56 Å². The van der Waals surface area contributed by atoms with E-state index in [2.05, 4.69) is 0 Å². The van der Waals surface area contributed by atoms with Crippen molar-refractivity contribution in [3.05, 3.63) is 93.9 Å². The smallest absolute Gasteiger partial charge is 0.254 e. The average Bonchev–Trinajstić information content (AvgIpc) is 3.33. The molecule has 0 aliphatic carbocycles. The molecule has 0 saturated heterocycles. The second-order valence-corrected chi connectivity index (χ2v) is 8.33. The Balaban J connectivity index is 1.80. The van der Waals surface area contributed by atoms with Gasteiger partial charge in [0.1, 0.15) is 12.3 Å². The van der Waals surface area contributed by atoms with E-state index in [1.165, 1.54) is 11.0 Å². The van der Waals surface area contributed by atoms with Crippen LogP contribution < -0.4 is 0 Å². The lowest BCUT2D eigenvalue weighted by molar-refractivity contribution is -0.133. The van der Waals surface area contributed by atoms with Gasteiger partial charge in [0.25, 0.3) is 5.91 Å². The standard InChI is InChI=1S/C25H26Cl2N2O4/c1-32-13-6-12-28(25(31)20-10-11-22(26)23(27)15-20)18-24(30)29(17-21-9-5-14-33-21)16-19-7-3-2-4-8-19/h2-5,7-11,14-15H,6,12-13,16-18H2,1H3. The van der Waals surface area contributed by atoms with Crippen LogP contribution in [0.15, 0.2) is 71.3 Å². The molecule has 0 aliphatic heterocycles. The third-order valence-electron chi connectivity index (χ3n) is 5.05. The molecular formula is C25H26Cl2N2O4. The van der Waals surface area contributed by atoms with Gasteiger partial charge in [0.2, 0.25) is 5.91 Å². The lowest BCUT2D eigenvalue weighted by atomic mass is 10.1. The Bertz CT molecular complexity index is 1040. The number of benzene rings is 2. The second-order valence-electron chi connectivity index (χ2n) is 7.52.